The molecule has 1 heterocycles. The van der Waals surface area contributed by atoms with E-state index < -0.39 is 0 Å². The Morgan fingerprint density at radius 1 is 1.27 bits per heavy atom. The van der Waals surface area contributed by atoms with Crippen LogP contribution in [0.4, 0.5) is 10.5 Å². The lowest BCUT2D eigenvalue weighted by Gasteiger charge is -2.26. The molecule has 2 amide bonds. The molecule has 1 aliphatic rings. The molecule has 1 aromatic rings. The van der Waals surface area contributed by atoms with Crippen LogP contribution in [0.25, 0.3) is 0 Å². The van der Waals surface area contributed by atoms with Gasteiger partial charge in [-0.15, -0.1) is 0 Å². The van der Waals surface area contributed by atoms with Gasteiger partial charge in [-0.1, -0.05) is 18.2 Å². The zero-order valence-electron chi connectivity index (χ0n) is 8.70. The molecule has 0 unspecified atom stereocenters. The number of hydrogen-bond acceptors (Lipinski definition) is 1. The Morgan fingerprint density at radius 2 is 2.07 bits per heavy atom. The monoisotopic (exact) mass is 203 g/mol. The predicted molar refractivity (Wildman–Crippen MR) is 59.7 cm³/mol. The number of rotatable bonds is 1. The number of para-hydroxylation sites is 1. The first-order valence-corrected chi connectivity index (χ1v) is 5.39. The molecule has 0 saturated carbocycles. The van der Waals surface area contributed by atoms with Crippen LogP contribution < -0.4 is 5.32 Å². The fraction of sp³-hybridized carbons (Fsp3) is 0.417. The molecule has 0 atom stereocenters. The lowest BCUT2D eigenvalue weighted by atomic mass is 10.1. The van der Waals surface area contributed by atoms with Gasteiger partial charge >= 0.3 is 6.03 Å². The van der Waals surface area contributed by atoms with Crippen LogP contribution >= 0.6 is 0 Å². The second kappa shape index (κ2) is 4.82. The topological polar surface area (TPSA) is 32.3 Å². The smallest absolute Gasteiger partial charge is 0.321 e. The van der Waals surface area contributed by atoms with Crippen LogP contribution in [0, 0.1) is 6.07 Å². The largest absolute Gasteiger partial charge is 0.325 e. The number of urea groups is 1. The summed E-state index contributed by atoms with van der Waals surface area (Å²) in [6.45, 7) is 1.75. The van der Waals surface area contributed by atoms with Crippen molar-refractivity contribution in [1.82, 2.24) is 4.90 Å². The Balaban J connectivity index is 1.91. The number of likely N-dealkylation sites (tertiary alicyclic amines) is 1. The van der Waals surface area contributed by atoms with E-state index in [1.54, 1.807) is 6.07 Å². The van der Waals surface area contributed by atoms with Gasteiger partial charge in [-0.3, -0.25) is 0 Å². The minimum atomic E-state index is -0.00264. The van der Waals surface area contributed by atoms with Crippen molar-refractivity contribution < 1.29 is 4.79 Å². The molecule has 0 bridgehead atoms. The van der Waals surface area contributed by atoms with Crippen LogP contribution in [0.2, 0.25) is 0 Å². The molecule has 3 heteroatoms. The quantitative estimate of drug-likeness (QED) is 0.747. The summed E-state index contributed by atoms with van der Waals surface area (Å²) >= 11 is 0. The summed E-state index contributed by atoms with van der Waals surface area (Å²) in [4.78, 5) is 13.6. The summed E-state index contributed by atoms with van der Waals surface area (Å²) in [7, 11) is 0. The first-order valence-electron chi connectivity index (χ1n) is 5.39. The number of carbonyl (C=O) groups is 1. The zero-order valence-corrected chi connectivity index (χ0v) is 8.70. The van der Waals surface area contributed by atoms with Gasteiger partial charge in [0.1, 0.15) is 0 Å². The summed E-state index contributed by atoms with van der Waals surface area (Å²) in [5.74, 6) is 0. The van der Waals surface area contributed by atoms with Crippen molar-refractivity contribution in [2.24, 2.45) is 0 Å². The molecule has 1 aliphatic heterocycles. The average molecular weight is 203 g/mol. The molecule has 15 heavy (non-hydrogen) atoms. The predicted octanol–water partition coefficient (Wildman–Crippen LogP) is 2.50. The molecule has 1 fully saturated rings. The highest BCUT2D eigenvalue weighted by Crippen LogP contribution is 2.11. The van der Waals surface area contributed by atoms with E-state index in [0.29, 0.717) is 0 Å². The Kier molecular flexibility index (Phi) is 3.22. The van der Waals surface area contributed by atoms with Gasteiger partial charge in [-0.05, 0) is 25.3 Å². The van der Waals surface area contributed by atoms with Crippen LogP contribution in [0.5, 0.6) is 0 Å². The summed E-state index contributed by atoms with van der Waals surface area (Å²) in [6.07, 6.45) is 3.47. The van der Waals surface area contributed by atoms with E-state index in [-0.39, 0.29) is 6.03 Å². The van der Waals surface area contributed by atoms with Crippen molar-refractivity contribution in [2.45, 2.75) is 19.3 Å². The number of carbonyl (C=O) groups excluding carboxylic acids is 1. The molecule has 1 N–H and O–H groups in total. The van der Waals surface area contributed by atoms with Gasteiger partial charge in [-0.2, -0.15) is 0 Å². The normalized spacial score (nSPS) is 16.1. The fourth-order valence-corrected chi connectivity index (χ4v) is 1.76. The first-order chi connectivity index (χ1) is 7.36. The van der Waals surface area contributed by atoms with Gasteiger partial charge in [0.05, 0.1) is 5.69 Å². The van der Waals surface area contributed by atoms with E-state index in [0.717, 1.165) is 31.6 Å². The summed E-state index contributed by atoms with van der Waals surface area (Å²) in [5, 5.41) is 2.84. The maximum absolute atomic E-state index is 11.8. The molecule has 79 valence electrons. The molecule has 1 saturated heterocycles. The minimum absolute atomic E-state index is 0.00264. The van der Waals surface area contributed by atoms with E-state index in [2.05, 4.69) is 11.4 Å². The molecular weight excluding hydrogens is 188 g/mol. The number of nitrogens with zero attached hydrogens (tertiary/aromatic N) is 1. The summed E-state index contributed by atoms with van der Waals surface area (Å²) < 4.78 is 0. The Bertz CT molecular complexity index is 318. The van der Waals surface area contributed by atoms with Crippen LogP contribution in [-0.4, -0.2) is 24.0 Å². The average Bonchev–Trinajstić information content (AvgIpc) is 2.31. The second-order valence-corrected chi connectivity index (χ2v) is 3.75. The number of anilines is 1. The number of benzene rings is 1. The number of hydrogen-bond donors (Lipinski definition) is 1. The molecule has 0 aliphatic carbocycles. The maximum Gasteiger partial charge on any atom is 0.321 e. The number of nitrogens with one attached hydrogen (secondary N) is 1. The highest BCUT2D eigenvalue weighted by Gasteiger charge is 2.15. The third-order valence-corrected chi connectivity index (χ3v) is 2.59. The van der Waals surface area contributed by atoms with E-state index in [9.17, 15) is 4.79 Å². The van der Waals surface area contributed by atoms with E-state index in [1.165, 1.54) is 6.42 Å². The molecular formula is C12H15N2O. The molecule has 2 rings (SSSR count). The Hall–Kier alpha value is -1.51. The molecule has 3 nitrogen and oxygen atoms in total. The Labute approximate surface area is 90.1 Å². The third kappa shape index (κ3) is 2.72. The third-order valence-electron chi connectivity index (χ3n) is 2.59. The van der Waals surface area contributed by atoms with Crippen molar-refractivity contribution in [3.05, 3.63) is 30.3 Å². The second-order valence-electron chi connectivity index (χ2n) is 3.75. The first kappa shape index (κ1) is 10.0. The van der Waals surface area contributed by atoms with Gasteiger partial charge < -0.3 is 10.2 Å². The highest BCUT2D eigenvalue weighted by atomic mass is 16.2. The molecule has 1 aromatic carbocycles. The van der Waals surface area contributed by atoms with E-state index in [1.807, 2.05) is 23.1 Å². The lowest BCUT2D eigenvalue weighted by molar-refractivity contribution is 0.200. The van der Waals surface area contributed by atoms with Crippen molar-refractivity contribution in [3.63, 3.8) is 0 Å². The fourth-order valence-electron chi connectivity index (χ4n) is 1.76. The van der Waals surface area contributed by atoms with E-state index in [4.69, 9.17) is 0 Å². The van der Waals surface area contributed by atoms with Crippen LogP contribution in [0.15, 0.2) is 24.3 Å². The zero-order chi connectivity index (χ0) is 10.5. The number of amides is 2. The molecule has 1 radical (unpaired) electrons. The Morgan fingerprint density at radius 3 is 2.73 bits per heavy atom. The molecule has 0 spiro atoms. The lowest BCUT2D eigenvalue weighted by Crippen LogP contribution is -2.38. The van der Waals surface area contributed by atoms with E-state index >= 15 is 0 Å². The van der Waals surface area contributed by atoms with Gasteiger partial charge in [0.15, 0.2) is 0 Å². The summed E-state index contributed by atoms with van der Waals surface area (Å²) in [5.41, 5.74) is 0.744. The van der Waals surface area contributed by atoms with Crippen molar-refractivity contribution in [2.75, 3.05) is 18.4 Å². The maximum atomic E-state index is 11.8. The standard InChI is InChI=1S/C12H15N2O/c15-12(14-9-5-2-6-10-14)13-11-7-3-1-4-8-11/h1,3-4,7H,2,5-6,9-10H2,(H,13,15). The highest BCUT2D eigenvalue weighted by molar-refractivity contribution is 5.89. The van der Waals surface area contributed by atoms with Crippen molar-refractivity contribution in [1.29, 1.82) is 0 Å². The van der Waals surface area contributed by atoms with Gasteiger partial charge in [0.2, 0.25) is 0 Å². The SMILES string of the molecule is O=C(Nc1[c]cccc1)N1CCCCC1. The van der Waals surface area contributed by atoms with Crippen molar-refractivity contribution >= 4 is 11.7 Å². The van der Waals surface area contributed by atoms with Crippen LogP contribution in [0.1, 0.15) is 19.3 Å². The van der Waals surface area contributed by atoms with Crippen LogP contribution in [0.3, 0.4) is 0 Å². The summed E-state index contributed by atoms with van der Waals surface area (Å²) in [6, 6.07) is 10.4. The van der Waals surface area contributed by atoms with Gasteiger partial charge in [-0.25, -0.2) is 4.79 Å². The minimum Gasteiger partial charge on any atom is -0.325 e. The van der Waals surface area contributed by atoms with Crippen LogP contribution in [-0.2, 0) is 0 Å². The van der Waals surface area contributed by atoms with Gasteiger partial charge in [0, 0.05) is 19.2 Å². The number of piperidine rings is 1. The van der Waals surface area contributed by atoms with Crippen molar-refractivity contribution in [3.8, 4) is 0 Å². The van der Waals surface area contributed by atoms with Gasteiger partial charge in [0.25, 0.3) is 0 Å². The molecule has 0 aromatic heterocycles.